The molecule has 1 heterocycles. The highest BCUT2D eigenvalue weighted by Crippen LogP contribution is 2.43. The van der Waals surface area contributed by atoms with Crippen molar-refractivity contribution in [1.29, 1.82) is 0 Å². The van der Waals surface area contributed by atoms with E-state index in [4.69, 9.17) is 18.9 Å². The summed E-state index contributed by atoms with van der Waals surface area (Å²) in [6.07, 6.45) is 1.46. The van der Waals surface area contributed by atoms with Crippen molar-refractivity contribution in [3.8, 4) is 17.2 Å². The number of methoxy groups -OCH3 is 2. The van der Waals surface area contributed by atoms with E-state index in [0.29, 0.717) is 29.1 Å². The van der Waals surface area contributed by atoms with Crippen molar-refractivity contribution in [2.75, 3.05) is 14.2 Å². The van der Waals surface area contributed by atoms with Gasteiger partial charge >= 0.3 is 5.97 Å². The Morgan fingerprint density at radius 2 is 1.96 bits per heavy atom. The second-order valence-corrected chi connectivity index (χ2v) is 6.81. The van der Waals surface area contributed by atoms with E-state index >= 15 is 0 Å². The van der Waals surface area contributed by atoms with Gasteiger partial charge in [-0.3, -0.25) is 4.79 Å². The highest BCUT2D eigenvalue weighted by molar-refractivity contribution is 5.97. The van der Waals surface area contributed by atoms with Crippen LogP contribution in [0, 0.1) is 0 Å². The van der Waals surface area contributed by atoms with E-state index in [-0.39, 0.29) is 6.10 Å². The lowest BCUT2D eigenvalue weighted by Crippen LogP contribution is -2.13. The largest absolute Gasteiger partial charge is 0.497 e. The van der Waals surface area contributed by atoms with Gasteiger partial charge in [-0.1, -0.05) is 13.3 Å². The average Bonchev–Trinajstić information content (AvgIpc) is 3.00. The van der Waals surface area contributed by atoms with E-state index in [1.54, 1.807) is 26.4 Å². The molecule has 0 saturated carbocycles. The molecule has 1 N–H and O–H groups in total. The van der Waals surface area contributed by atoms with Crippen molar-refractivity contribution in [2.45, 2.75) is 51.4 Å². The van der Waals surface area contributed by atoms with Gasteiger partial charge in [-0.25, -0.2) is 0 Å². The van der Waals surface area contributed by atoms with Crippen LogP contribution in [0.3, 0.4) is 0 Å². The Kier molecular flexibility index (Phi) is 5.87. The lowest BCUT2D eigenvalue weighted by molar-refractivity contribution is -0.131. The second-order valence-electron chi connectivity index (χ2n) is 6.81. The molecule has 1 aliphatic rings. The van der Waals surface area contributed by atoms with Gasteiger partial charge in [-0.05, 0) is 35.6 Å². The number of benzene rings is 2. The van der Waals surface area contributed by atoms with Gasteiger partial charge in [-0.15, -0.1) is 0 Å². The summed E-state index contributed by atoms with van der Waals surface area (Å²) in [7, 11) is 3.13. The van der Waals surface area contributed by atoms with Crippen molar-refractivity contribution >= 4 is 16.7 Å². The molecule has 3 atom stereocenters. The average molecular weight is 374 g/mol. The van der Waals surface area contributed by atoms with Crippen molar-refractivity contribution in [2.24, 2.45) is 0 Å². The summed E-state index contributed by atoms with van der Waals surface area (Å²) < 4.78 is 22.4. The molecule has 6 heteroatoms. The Labute approximate surface area is 159 Å². The van der Waals surface area contributed by atoms with E-state index in [1.807, 2.05) is 12.1 Å². The lowest BCUT2D eigenvalue weighted by atomic mass is 9.98. The Bertz CT molecular complexity index is 831. The number of ether oxygens (including phenoxy) is 4. The zero-order valence-electron chi connectivity index (χ0n) is 16.2. The number of esters is 1. The van der Waals surface area contributed by atoms with Crippen LogP contribution in [0.15, 0.2) is 24.3 Å². The van der Waals surface area contributed by atoms with Crippen LogP contribution in [-0.4, -0.2) is 37.5 Å². The summed E-state index contributed by atoms with van der Waals surface area (Å²) in [5.74, 6) is 1.12. The quantitative estimate of drug-likeness (QED) is 0.613. The van der Waals surface area contributed by atoms with Gasteiger partial charge in [-0.2, -0.15) is 0 Å². The number of aliphatic hydroxyl groups is 1. The normalized spacial score (nSPS) is 22.0. The molecular weight excluding hydrogens is 348 g/mol. The fourth-order valence-corrected chi connectivity index (χ4v) is 3.67. The third-order valence-electron chi connectivity index (χ3n) is 4.81. The molecule has 2 aromatic carbocycles. The third kappa shape index (κ3) is 4.01. The summed E-state index contributed by atoms with van der Waals surface area (Å²) in [5.41, 5.74) is 0.764. The lowest BCUT2D eigenvalue weighted by Gasteiger charge is -2.19. The topological polar surface area (TPSA) is 74.2 Å². The minimum absolute atomic E-state index is 0.0303. The summed E-state index contributed by atoms with van der Waals surface area (Å²) in [4.78, 5) is 11.6. The molecule has 1 aliphatic heterocycles. The number of rotatable bonds is 6. The van der Waals surface area contributed by atoms with E-state index in [0.717, 1.165) is 23.8 Å². The first-order chi connectivity index (χ1) is 13.0. The summed E-state index contributed by atoms with van der Waals surface area (Å²) in [6, 6.07) is 7.27. The van der Waals surface area contributed by atoms with Crippen LogP contribution in [0.5, 0.6) is 17.2 Å². The second kappa shape index (κ2) is 8.15. The molecule has 3 rings (SSSR count). The van der Waals surface area contributed by atoms with Crippen LogP contribution in [0.1, 0.15) is 44.8 Å². The molecule has 0 spiro atoms. The van der Waals surface area contributed by atoms with Crippen LogP contribution >= 0.6 is 0 Å². The highest BCUT2D eigenvalue weighted by Gasteiger charge is 2.35. The van der Waals surface area contributed by atoms with E-state index in [1.165, 1.54) is 6.92 Å². The van der Waals surface area contributed by atoms with E-state index < -0.39 is 18.2 Å². The van der Waals surface area contributed by atoms with Gasteiger partial charge < -0.3 is 24.1 Å². The highest BCUT2D eigenvalue weighted by atomic mass is 16.5. The monoisotopic (exact) mass is 374 g/mol. The Morgan fingerprint density at radius 1 is 1.19 bits per heavy atom. The number of hydrogen-bond donors (Lipinski definition) is 1. The van der Waals surface area contributed by atoms with Gasteiger partial charge in [0.1, 0.15) is 23.4 Å². The molecule has 1 fully saturated rings. The molecular formula is C21H26O6. The maximum atomic E-state index is 11.6. The standard InChI is InChI=1S/C21H26O6/c1-5-6-15-10-17(23)21(27-15)14-7-13-8-16(24-3)11-18(25-4)20(13)19(9-14)26-12(2)22/h7-9,11,15,17,21,23H,5-6,10H2,1-4H3/t15-,17+,21+/m1/s1. The van der Waals surface area contributed by atoms with Crippen LogP contribution in [-0.2, 0) is 9.53 Å². The van der Waals surface area contributed by atoms with Crippen molar-refractivity contribution in [3.05, 3.63) is 29.8 Å². The first-order valence-electron chi connectivity index (χ1n) is 9.18. The van der Waals surface area contributed by atoms with Gasteiger partial charge in [0.25, 0.3) is 0 Å². The first-order valence-corrected chi connectivity index (χ1v) is 9.18. The summed E-state index contributed by atoms with van der Waals surface area (Å²) in [5, 5.41) is 12.0. The van der Waals surface area contributed by atoms with E-state index in [2.05, 4.69) is 6.92 Å². The Morgan fingerprint density at radius 3 is 2.59 bits per heavy atom. The van der Waals surface area contributed by atoms with Crippen LogP contribution in [0.2, 0.25) is 0 Å². The van der Waals surface area contributed by atoms with Gasteiger partial charge in [0, 0.05) is 19.4 Å². The predicted octanol–water partition coefficient (Wildman–Crippen LogP) is 3.77. The van der Waals surface area contributed by atoms with Crippen molar-refractivity contribution in [1.82, 2.24) is 0 Å². The van der Waals surface area contributed by atoms with Gasteiger partial charge in [0.2, 0.25) is 0 Å². The zero-order chi connectivity index (χ0) is 19.6. The number of fused-ring (bicyclic) bond motifs is 1. The fourth-order valence-electron chi connectivity index (χ4n) is 3.67. The number of aliphatic hydroxyl groups excluding tert-OH is 1. The maximum Gasteiger partial charge on any atom is 0.308 e. The van der Waals surface area contributed by atoms with Gasteiger partial charge in [0.05, 0.1) is 31.8 Å². The molecule has 0 unspecified atom stereocenters. The predicted molar refractivity (Wildman–Crippen MR) is 102 cm³/mol. The van der Waals surface area contributed by atoms with E-state index in [9.17, 15) is 9.90 Å². The summed E-state index contributed by atoms with van der Waals surface area (Å²) in [6.45, 7) is 3.45. The van der Waals surface area contributed by atoms with Crippen molar-refractivity contribution in [3.63, 3.8) is 0 Å². The molecule has 0 amide bonds. The minimum Gasteiger partial charge on any atom is -0.497 e. The molecule has 0 aliphatic carbocycles. The third-order valence-corrected chi connectivity index (χ3v) is 4.81. The molecule has 0 aromatic heterocycles. The van der Waals surface area contributed by atoms with Crippen molar-refractivity contribution < 1.29 is 28.8 Å². The molecule has 0 radical (unpaired) electrons. The minimum atomic E-state index is -0.600. The Hall–Kier alpha value is -2.31. The molecule has 1 saturated heterocycles. The molecule has 0 bridgehead atoms. The fraction of sp³-hybridized carbons (Fsp3) is 0.476. The van der Waals surface area contributed by atoms with Gasteiger partial charge in [0.15, 0.2) is 0 Å². The molecule has 27 heavy (non-hydrogen) atoms. The summed E-state index contributed by atoms with van der Waals surface area (Å²) >= 11 is 0. The Balaban J connectivity index is 2.13. The number of hydrogen-bond acceptors (Lipinski definition) is 6. The molecule has 2 aromatic rings. The van der Waals surface area contributed by atoms with Crippen LogP contribution in [0.4, 0.5) is 0 Å². The van der Waals surface area contributed by atoms with Crippen LogP contribution in [0.25, 0.3) is 10.8 Å². The maximum absolute atomic E-state index is 11.6. The smallest absolute Gasteiger partial charge is 0.308 e. The molecule has 146 valence electrons. The SMILES string of the molecule is CCC[C@@H]1C[C@H](O)[C@H](c2cc(OC(C)=O)c3c(OC)cc(OC)cc3c2)O1. The van der Waals surface area contributed by atoms with Crippen LogP contribution < -0.4 is 14.2 Å². The number of carbonyl (C=O) groups excluding carboxylic acids is 1. The molecule has 6 nitrogen and oxygen atoms in total. The zero-order valence-corrected chi connectivity index (χ0v) is 16.2. The first kappa shape index (κ1) is 19.5. The number of carbonyl (C=O) groups is 1.